The number of halogens is 3. The Morgan fingerprint density at radius 2 is 1.90 bits per heavy atom. The first-order valence-electron chi connectivity index (χ1n) is 8.59. The number of nitrogen functional groups attached to an aromatic ring is 1. The van der Waals surface area contributed by atoms with E-state index in [9.17, 15) is 18.0 Å². The third-order valence-electron chi connectivity index (χ3n) is 3.87. The van der Waals surface area contributed by atoms with Gasteiger partial charge >= 0.3 is 12.2 Å². The average Bonchev–Trinajstić information content (AvgIpc) is 3.09. The summed E-state index contributed by atoms with van der Waals surface area (Å²) in [5, 5.41) is 4.97. The Balaban J connectivity index is 1.74. The number of benzene rings is 2. The fourth-order valence-corrected chi connectivity index (χ4v) is 2.65. The number of aromatic nitrogens is 2. The number of rotatable bonds is 5. The van der Waals surface area contributed by atoms with Gasteiger partial charge in [0.05, 0.1) is 24.1 Å². The van der Waals surface area contributed by atoms with E-state index in [0.717, 1.165) is 11.6 Å². The lowest BCUT2D eigenvalue weighted by Crippen LogP contribution is -2.20. The molecule has 0 radical (unpaired) electrons. The molecular weight excluding hydrogens is 387 g/mol. The summed E-state index contributed by atoms with van der Waals surface area (Å²) in [5.74, 6) is -0.0374. The number of alkyl halides is 3. The van der Waals surface area contributed by atoms with Gasteiger partial charge in [0.25, 0.3) is 0 Å². The van der Waals surface area contributed by atoms with Crippen LogP contribution >= 0.6 is 0 Å². The van der Waals surface area contributed by atoms with Gasteiger partial charge in [0.2, 0.25) is 0 Å². The van der Waals surface area contributed by atoms with E-state index in [1.807, 2.05) is 0 Å². The van der Waals surface area contributed by atoms with Gasteiger partial charge in [-0.2, -0.15) is 13.2 Å². The second kappa shape index (κ2) is 8.13. The van der Waals surface area contributed by atoms with Crippen molar-refractivity contribution < 1.29 is 22.7 Å². The lowest BCUT2D eigenvalue weighted by atomic mass is 10.1. The molecule has 0 saturated carbocycles. The van der Waals surface area contributed by atoms with Crippen LogP contribution in [0.3, 0.4) is 0 Å². The van der Waals surface area contributed by atoms with Crippen LogP contribution in [-0.2, 0) is 6.18 Å². The van der Waals surface area contributed by atoms with Crippen LogP contribution in [0.5, 0.6) is 5.75 Å². The van der Waals surface area contributed by atoms with E-state index in [0.29, 0.717) is 11.4 Å². The Hall–Kier alpha value is -3.69. The Morgan fingerprint density at radius 1 is 1.17 bits per heavy atom. The van der Waals surface area contributed by atoms with Crippen LogP contribution in [0.25, 0.3) is 11.3 Å². The Labute approximate surface area is 164 Å². The monoisotopic (exact) mass is 405 g/mol. The SMILES string of the molecule is CCOc1ccc(NC(=O)Nc2cccc(-c3cnc(N)[nH]3)c2)cc1C(F)(F)F. The highest BCUT2D eigenvalue weighted by Crippen LogP contribution is 2.38. The maximum atomic E-state index is 13.2. The number of hydrogen-bond acceptors (Lipinski definition) is 4. The first-order valence-corrected chi connectivity index (χ1v) is 8.59. The maximum Gasteiger partial charge on any atom is 0.420 e. The van der Waals surface area contributed by atoms with E-state index < -0.39 is 17.8 Å². The summed E-state index contributed by atoms with van der Waals surface area (Å²) >= 11 is 0. The predicted molar refractivity (Wildman–Crippen MR) is 104 cm³/mol. The van der Waals surface area contributed by atoms with Crippen molar-refractivity contribution in [3.05, 3.63) is 54.2 Å². The van der Waals surface area contributed by atoms with Crippen molar-refractivity contribution in [1.29, 1.82) is 0 Å². The number of amides is 2. The number of nitrogens with two attached hydrogens (primary N) is 1. The first-order chi connectivity index (χ1) is 13.8. The van der Waals surface area contributed by atoms with Gasteiger partial charge in [0, 0.05) is 16.9 Å². The molecular formula is C19H18F3N5O2. The molecule has 0 saturated heterocycles. The first kappa shape index (κ1) is 20.1. The molecule has 0 aliphatic carbocycles. The molecule has 2 amide bonds. The van der Waals surface area contributed by atoms with Crippen LogP contribution in [0.1, 0.15) is 12.5 Å². The molecule has 5 N–H and O–H groups in total. The number of nitrogens with one attached hydrogen (secondary N) is 3. The van der Waals surface area contributed by atoms with E-state index in [4.69, 9.17) is 10.5 Å². The van der Waals surface area contributed by atoms with E-state index >= 15 is 0 Å². The van der Waals surface area contributed by atoms with E-state index in [1.54, 1.807) is 37.4 Å². The Kier molecular flexibility index (Phi) is 5.62. The fraction of sp³-hybridized carbons (Fsp3) is 0.158. The van der Waals surface area contributed by atoms with Gasteiger partial charge in [-0.25, -0.2) is 9.78 Å². The van der Waals surface area contributed by atoms with Gasteiger partial charge < -0.3 is 26.1 Å². The molecule has 1 aromatic heterocycles. The molecule has 0 atom stereocenters. The zero-order valence-corrected chi connectivity index (χ0v) is 15.3. The summed E-state index contributed by atoms with van der Waals surface area (Å²) < 4.78 is 44.7. The van der Waals surface area contributed by atoms with Crippen molar-refractivity contribution in [1.82, 2.24) is 9.97 Å². The summed E-state index contributed by atoms with van der Waals surface area (Å²) in [6.45, 7) is 1.68. The summed E-state index contributed by atoms with van der Waals surface area (Å²) in [4.78, 5) is 19.0. The summed E-state index contributed by atoms with van der Waals surface area (Å²) in [5.41, 5.74) is 6.41. The molecule has 0 bridgehead atoms. The van der Waals surface area contributed by atoms with Crippen LogP contribution in [-0.4, -0.2) is 22.6 Å². The largest absolute Gasteiger partial charge is 0.493 e. The summed E-state index contributed by atoms with van der Waals surface area (Å²) in [7, 11) is 0. The third kappa shape index (κ3) is 4.98. The van der Waals surface area contributed by atoms with Crippen LogP contribution in [0, 0.1) is 0 Å². The molecule has 1 heterocycles. The number of ether oxygens (including phenoxy) is 1. The molecule has 29 heavy (non-hydrogen) atoms. The van der Waals surface area contributed by atoms with Crippen molar-refractivity contribution in [2.75, 3.05) is 23.0 Å². The third-order valence-corrected chi connectivity index (χ3v) is 3.87. The quantitative estimate of drug-likeness (QED) is 0.493. The van der Waals surface area contributed by atoms with Crippen LogP contribution < -0.4 is 21.1 Å². The minimum atomic E-state index is -4.61. The predicted octanol–water partition coefficient (Wildman–Crippen LogP) is 4.72. The number of carbonyl (C=O) groups excluding carboxylic acids is 1. The number of hydrogen-bond donors (Lipinski definition) is 4. The van der Waals surface area contributed by atoms with Gasteiger partial charge in [0.1, 0.15) is 5.75 Å². The normalized spacial score (nSPS) is 11.2. The molecule has 7 nitrogen and oxygen atoms in total. The van der Waals surface area contributed by atoms with Crippen LogP contribution in [0.4, 0.5) is 35.3 Å². The second-order valence-electron chi connectivity index (χ2n) is 5.98. The number of nitrogens with zero attached hydrogens (tertiary/aromatic N) is 1. The molecule has 0 unspecified atom stereocenters. The van der Waals surface area contributed by atoms with Crippen molar-refractivity contribution >= 4 is 23.4 Å². The molecule has 10 heteroatoms. The minimum absolute atomic E-state index is 0.0178. The molecule has 2 aromatic carbocycles. The second-order valence-corrected chi connectivity index (χ2v) is 5.98. The zero-order chi connectivity index (χ0) is 21.0. The van der Waals surface area contributed by atoms with Crippen molar-refractivity contribution in [2.24, 2.45) is 0 Å². The number of urea groups is 1. The van der Waals surface area contributed by atoms with Gasteiger partial charge in [-0.05, 0) is 37.3 Å². The lowest BCUT2D eigenvalue weighted by Gasteiger charge is -2.15. The number of anilines is 3. The van der Waals surface area contributed by atoms with Gasteiger partial charge in [-0.3, -0.25) is 0 Å². The Morgan fingerprint density at radius 3 is 2.52 bits per heavy atom. The minimum Gasteiger partial charge on any atom is -0.493 e. The van der Waals surface area contributed by atoms with Crippen molar-refractivity contribution in [3.63, 3.8) is 0 Å². The standard InChI is InChI=1S/C19H18F3N5O2/c1-2-29-16-7-6-13(9-14(16)19(20,21)22)26-18(28)25-12-5-3-4-11(8-12)15-10-24-17(23)27-15/h3-10H,2H2,1H3,(H3,23,24,27)(H2,25,26,28). The highest BCUT2D eigenvalue weighted by Gasteiger charge is 2.34. The summed E-state index contributed by atoms with van der Waals surface area (Å²) in [6, 6.07) is 9.46. The Bertz CT molecular complexity index is 1020. The number of carbonyl (C=O) groups is 1. The van der Waals surface area contributed by atoms with Gasteiger partial charge in [-0.15, -0.1) is 0 Å². The van der Waals surface area contributed by atoms with Crippen LogP contribution in [0.2, 0.25) is 0 Å². The highest BCUT2D eigenvalue weighted by molar-refractivity contribution is 6.00. The topological polar surface area (TPSA) is 105 Å². The van der Waals surface area contributed by atoms with Crippen molar-refractivity contribution in [2.45, 2.75) is 13.1 Å². The number of H-pyrrole nitrogens is 1. The molecule has 152 valence electrons. The molecule has 0 spiro atoms. The highest BCUT2D eigenvalue weighted by atomic mass is 19.4. The molecule has 0 aliphatic heterocycles. The van der Waals surface area contributed by atoms with E-state index in [-0.39, 0.29) is 24.0 Å². The number of imidazole rings is 1. The molecule has 0 fully saturated rings. The lowest BCUT2D eigenvalue weighted by molar-refractivity contribution is -0.138. The molecule has 0 aliphatic rings. The van der Waals surface area contributed by atoms with E-state index in [2.05, 4.69) is 20.6 Å². The smallest absolute Gasteiger partial charge is 0.420 e. The average molecular weight is 405 g/mol. The number of aromatic amines is 1. The zero-order valence-electron chi connectivity index (χ0n) is 15.3. The van der Waals surface area contributed by atoms with Gasteiger partial charge in [0.15, 0.2) is 5.95 Å². The summed E-state index contributed by atoms with van der Waals surface area (Å²) in [6.07, 6.45) is -3.06. The molecule has 3 rings (SSSR count). The maximum absolute atomic E-state index is 13.2. The van der Waals surface area contributed by atoms with Crippen LogP contribution in [0.15, 0.2) is 48.7 Å². The van der Waals surface area contributed by atoms with Gasteiger partial charge in [-0.1, -0.05) is 12.1 Å². The fourth-order valence-electron chi connectivity index (χ4n) is 2.65. The molecule has 3 aromatic rings. The van der Waals surface area contributed by atoms with Crippen molar-refractivity contribution in [3.8, 4) is 17.0 Å². The van der Waals surface area contributed by atoms with E-state index in [1.165, 1.54) is 12.1 Å².